The molecular formula is C17H20FN3O4. The highest BCUT2D eigenvalue weighted by Gasteiger charge is 2.41. The minimum Gasteiger partial charge on any atom is -0.487 e. The lowest BCUT2D eigenvalue weighted by Crippen LogP contribution is -2.58. The van der Waals surface area contributed by atoms with Crippen LogP contribution in [0.15, 0.2) is 28.9 Å². The lowest BCUT2D eigenvalue weighted by Gasteiger charge is -2.42. The summed E-state index contributed by atoms with van der Waals surface area (Å²) in [5, 5.41) is 18.1. The summed E-state index contributed by atoms with van der Waals surface area (Å²) in [6, 6.07) is 5.78. The zero-order chi connectivity index (χ0) is 18.0. The Kier molecular flexibility index (Phi) is 4.71. The van der Waals surface area contributed by atoms with Crippen molar-refractivity contribution < 1.29 is 23.7 Å². The number of piperidine rings is 1. The molecule has 2 aromatic rings. The second-order valence-electron chi connectivity index (χ2n) is 6.50. The molecule has 1 aliphatic rings. The normalized spacial score (nSPS) is 23.5. The molecule has 0 saturated carbocycles. The molecule has 0 spiro atoms. The predicted molar refractivity (Wildman–Crippen MR) is 85.4 cm³/mol. The monoisotopic (exact) mass is 349 g/mol. The maximum atomic E-state index is 13.3. The first-order valence-corrected chi connectivity index (χ1v) is 8.05. The second kappa shape index (κ2) is 6.79. The molecule has 3 rings (SSSR count). The van der Waals surface area contributed by atoms with Crippen LogP contribution in [0, 0.1) is 12.7 Å². The van der Waals surface area contributed by atoms with Gasteiger partial charge in [0.2, 0.25) is 5.91 Å². The number of hydrogen-bond acceptors (Lipinski definition) is 6. The van der Waals surface area contributed by atoms with Crippen molar-refractivity contribution in [1.82, 2.24) is 15.2 Å². The van der Waals surface area contributed by atoms with Crippen LogP contribution in [-0.4, -0.2) is 51.0 Å². The average Bonchev–Trinajstić information content (AvgIpc) is 2.94. The average molecular weight is 349 g/mol. The molecule has 1 amide bonds. The van der Waals surface area contributed by atoms with Crippen molar-refractivity contribution in [3.05, 3.63) is 41.5 Å². The minimum absolute atomic E-state index is 0.0703. The van der Waals surface area contributed by atoms with E-state index >= 15 is 0 Å². The van der Waals surface area contributed by atoms with Gasteiger partial charge in [-0.3, -0.25) is 4.79 Å². The third kappa shape index (κ3) is 3.96. The highest BCUT2D eigenvalue weighted by atomic mass is 19.1. The Morgan fingerprint density at radius 1 is 1.52 bits per heavy atom. The Morgan fingerprint density at radius 3 is 2.96 bits per heavy atom. The van der Waals surface area contributed by atoms with Crippen molar-refractivity contribution in [2.45, 2.75) is 38.4 Å². The van der Waals surface area contributed by atoms with Gasteiger partial charge in [-0.1, -0.05) is 16.4 Å². The van der Waals surface area contributed by atoms with Gasteiger partial charge >= 0.3 is 0 Å². The van der Waals surface area contributed by atoms with Gasteiger partial charge < -0.3 is 14.7 Å². The second-order valence-corrected chi connectivity index (χ2v) is 6.50. The number of hydrogen-bond donors (Lipinski definition) is 1. The molecule has 1 saturated heterocycles. The zero-order valence-electron chi connectivity index (χ0n) is 14.1. The van der Waals surface area contributed by atoms with Gasteiger partial charge in [0, 0.05) is 19.0 Å². The highest BCUT2D eigenvalue weighted by Crippen LogP contribution is 2.27. The van der Waals surface area contributed by atoms with Crippen LogP contribution < -0.4 is 4.74 Å². The standard InChI is InChI=1S/C17H20FN3O4/c1-11-14(20-25-19-11)9-16(22)21-7-6-15(17(2,23)10-21)24-13-5-3-4-12(18)8-13/h3-5,8,15,23H,6-7,9-10H2,1-2H3/t15-,17-/m0/s1. The number of nitrogens with zero attached hydrogens (tertiary/aromatic N) is 3. The summed E-state index contributed by atoms with van der Waals surface area (Å²) in [6.07, 6.45) is -0.0274. The number of aliphatic hydroxyl groups is 1. The molecule has 1 aromatic heterocycles. The first-order chi connectivity index (χ1) is 11.8. The summed E-state index contributed by atoms with van der Waals surface area (Å²) >= 11 is 0. The third-order valence-corrected chi connectivity index (χ3v) is 4.36. The molecule has 0 radical (unpaired) electrons. The topological polar surface area (TPSA) is 88.7 Å². The van der Waals surface area contributed by atoms with Crippen molar-refractivity contribution in [3.8, 4) is 5.75 Å². The Labute approximate surface area is 144 Å². The van der Waals surface area contributed by atoms with Crippen molar-refractivity contribution >= 4 is 5.91 Å². The summed E-state index contributed by atoms with van der Waals surface area (Å²) in [7, 11) is 0. The van der Waals surface area contributed by atoms with E-state index in [1.54, 1.807) is 30.9 Å². The summed E-state index contributed by atoms with van der Waals surface area (Å²) in [4.78, 5) is 14.0. The van der Waals surface area contributed by atoms with Crippen LogP contribution in [0.2, 0.25) is 0 Å². The number of amides is 1. The Balaban J connectivity index is 1.63. The van der Waals surface area contributed by atoms with E-state index in [0.717, 1.165) is 0 Å². The lowest BCUT2D eigenvalue weighted by atomic mass is 9.91. The molecule has 7 nitrogen and oxygen atoms in total. The molecule has 2 heterocycles. The molecule has 25 heavy (non-hydrogen) atoms. The van der Waals surface area contributed by atoms with E-state index in [9.17, 15) is 14.3 Å². The number of carbonyl (C=O) groups is 1. The number of ether oxygens (including phenoxy) is 1. The van der Waals surface area contributed by atoms with E-state index in [1.807, 2.05) is 0 Å². The Morgan fingerprint density at radius 2 is 2.32 bits per heavy atom. The largest absolute Gasteiger partial charge is 0.487 e. The molecule has 1 N–H and O–H groups in total. The first-order valence-electron chi connectivity index (χ1n) is 8.05. The maximum Gasteiger partial charge on any atom is 0.228 e. The molecule has 8 heteroatoms. The number of halogens is 1. The molecule has 2 atom stereocenters. The number of carbonyl (C=O) groups excluding carboxylic acids is 1. The summed E-state index contributed by atoms with van der Waals surface area (Å²) in [5.74, 6) is -0.209. The Hall–Kier alpha value is -2.48. The lowest BCUT2D eigenvalue weighted by molar-refractivity contribution is -0.145. The molecule has 0 bridgehead atoms. The van der Waals surface area contributed by atoms with Crippen LogP contribution in [0.4, 0.5) is 4.39 Å². The number of rotatable bonds is 4. The first kappa shape index (κ1) is 17.3. The van der Waals surface area contributed by atoms with Crippen molar-refractivity contribution in [3.63, 3.8) is 0 Å². The Bertz CT molecular complexity index is 762. The van der Waals surface area contributed by atoms with E-state index in [0.29, 0.717) is 30.1 Å². The van der Waals surface area contributed by atoms with Crippen LogP contribution in [-0.2, 0) is 11.2 Å². The van der Waals surface area contributed by atoms with Crippen molar-refractivity contribution in [1.29, 1.82) is 0 Å². The van der Waals surface area contributed by atoms with Gasteiger partial charge in [0.25, 0.3) is 0 Å². The van der Waals surface area contributed by atoms with Gasteiger partial charge in [-0.05, 0) is 26.0 Å². The highest BCUT2D eigenvalue weighted by molar-refractivity contribution is 5.78. The molecular weight excluding hydrogens is 329 g/mol. The van der Waals surface area contributed by atoms with Crippen LogP contribution in [0.25, 0.3) is 0 Å². The third-order valence-electron chi connectivity index (χ3n) is 4.36. The molecule has 0 aliphatic carbocycles. The number of aromatic nitrogens is 2. The number of aryl methyl sites for hydroxylation is 1. The minimum atomic E-state index is -1.25. The molecule has 1 fully saturated rings. The van der Waals surface area contributed by atoms with E-state index in [4.69, 9.17) is 4.74 Å². The summed E-state index contributed by atoms with van der Waals surface area (Å²) in [5.41, 5.74) is -0.190. The number of β-amino-alcohol motifs (C(OH)–C–C–N with tert-alkyl or cyclic N) is 1. The van der Waals surface area contributed by atoms with E-state index in [1.165, 1.54) is 12.1 Å². The van der Waals surface area contributed by atoms with Gasteiger partial charge in [-0.25, -0.2) is 9.02 Å². The summed E-state index contributed by atoms with van der Waals surface area (Å²) in [6.45, 7) is 3.88. The van der Waals surface area contributed by atoms with E-state index < -0.39 is 17.5 Å². The fourth-order valence-electron chi connectivity index (χ4n) is 2.92. The van der Waals surface area contributed by atoms with Crippen LogP contribution >= 0.6 is 0 Å². The summed E-state index contributed by atoms with van der Waals surface area (Å²) < 4.78 is 23.6. The number of likely N-dealkylation sites (tertiary alicyclic amines) is 1. The van der Waals surface area contributed by atoms with Gasteiger partial charge in [0.15, 0.2) is 0 Å². The molecule has 1 aliphatic heterocycles. The quantitative estimate of drug-likeness (QED) is 0.900. The fraction of sp³-hybridized carbons (Fsp3) is 0.471. The van der Waals surface area contributed by atoms with E-state index in [2.05, 4.69) is 14.9 Å². The molecule has 134 valence electrons. The van der Waals surface area contributed by atoms with Gasteiger partial charge in [-0.15, -0.1) is 0 Å². The fourth-order valence-corrected chi connectivity index (χ4v) is 2.92. The van der Waals surface area contributed by atoms with E-state index in [-0.39, 0.29) is 18.9 Å². The SMILES string of the molecule is Cc1nonc1CC(=O)N1CC[C@H](Oc2cccc(F)c2)[C@@](C)(O)C1. The van der Waals surface area contributed by atoms with Crippen LogP contribution in [0.3, 0.4) is 0 Å². The van der Waals surface area contributed by atoms with Gasteiger partial charge in [0.1, 0.15) is 34.7 Å². The smallest absolute Gasteiger partial charge is 0.228 e. The number of benzene rings is 1. The van der Waals surface area contributed by atoms with Crippen molar-refractivity contribution in [2.75, 3.05) is 13.1 Å². The van der Waals surface area contributed by atoms with Crippen LogP contribution in [0.5, 0.6) is 5.75 Å². The molecule has 1 aromatic carbocycles. The maximum absolute atomic E-state index is 13.3. The van der Waals surface area contributed by atoms with Gasteiger partial charge in [0.05, 0.1) is 13.0 Å². The van der Waals surface area contributed by atoms with Crippen LogP contribution in [0.1, 0.15) is 24.7 Å². The van der Waals surface area contributed by atoms with Crippen molar-refractivity contribution in [2.24, 2.45) is 0 Å². The zero-order valence-corrected chi connectivity index (χ0v) is 14.1. The predicted octanol–water partition coefficient (Wildman–Crippen LogP) is 1.49. The molecule has 0 unspecified atom stereocenters. The van der Waals surface area contributed by atoms with Gasteiger partial charge in [-0.2, -0.15) is 0 Å².